The van der Waals surface area contributed by atoms with Crippen molar-refractivity contribution in [3.8, 4) is 0 Å². The lowest BCUT2D eigenvalue weighted by molar-refractivity contribution is -0.159. The Balaban J connectivity index is 1.88. The second-order valence-corrected chi connectivity index (χ2v) is 7.21. The molecule has 0 spiro atoms. The van der Waals surface area contributed by atoms with Crippen LogP contribution in [0.3, 0.4) is 0 Å². The molecule has 0 atom stereocenters. The Morgan fingerprint density at radius 3 is 2.62 bits per heavy atom. The first kappa shape index (κ1) is 16.5. The zero-order valence-corrected chi connectivity index (χ0v) is 14.6. The third-order valence-electron chi connectivity index (χ3n) is 4.31. The van der Waals surface area contributed by atoms with E-state index in [0.29, 0.717) is 0 Å². The van der Waals surface area contributed by atoms with Gasteiger partial charge in [-0.2, -0.15) is 0 Å². The molecule has 3 heteroatoms. The van der Waals surface area contributed by atoms with Gasteiger partial charge in [-0.25, -0.2) is 0 Å². The van der Waals surface area contributed by atoms with Gasteiger partial charge in [0, 0.05) is 5.33 Å². The predicted molar refractivity (Wildman–Crippen MR) is 89.5 cm³/mol. The Kier molecular flexibility index (Phi) is 5.86. The van der Waals surface area contributed by atoms with Crippen LogP contribution in [0.15, 0.2) is 24.3 Å². The number of aryl methyl sites for hydroxylation is 1. The van der Waals surface area contributed by atoms with Gasteiger partial charge in [0.1, 0.15) is 6.10 Å². The van der Waals surface area contributed by atoms with Gasteiger partial charge in [0.25, 0.3) is 0 Å². The topological polar surface area (TPSA) is 26.3 Å². The first-order chi connectivity index (χ1) is 10.0. The molecular formula is C18H25BrO2. The van der Waals surface area contributed by atoms with Crippen LogP contribution >= 0.6 is 15.9 Å². The van der Waals surface area contributed by atoms with Crippen molar-refractivity contribution >= 4 is 21.9 Å². The van der Waals surface area contributed by atoms with Gasteiger partial charge in [-0.15, -0.1) is 0 Å². The van der Waals surface area contributed by atoms with Crippen LogP contribution in [-0.4, -0.2) is 12.1 Å². The molecule has 1 aliphatic carbocycles. The van der Waals surface area contributed by atoms with Gasteiger partial charge in [0.05, 0.1) is 5.41 Å². The average molecular weight is 353 g/mol. The lowest BCUT2D eigenvalue weighted by atomic mass is 9.86. The largest absolute Gasteiger partial charge is 0.462 e. The fraction of sp³-hybridized carbons (Fsp3) is 0.611. The van der Waals surface area contributed by atoms with Crippen molar-refractivity contribution in [2.75, 3.05) is 0 Å². The van der Waals surface area contributed by atoms with E-state index in [1.165, 1.54) is 24.0 Å². The molecule has 0 aromatic heterocycles. The average Bonchev–Trinajstić information content (AvgIpc) is 2.98. The number of carbonyl (C=O) groups is 1. The zero-order chi connectivity index (χ0) is 15.3. The molecule has 0 bridgehead atoms. The third-order valence-corrected chi connectivity index (χ3v) is 4.96. The molecule has 1 aromatic carbocycles. The first-order valence-electron chi connectivity index (χ1n) is 7.86. The number of carbonyl (C=O) groups excluding carboxylic acids is 1. The van der Waals surface area contributed by atoms with Crippen molar-refractivity contribution in [2.45, 2.75) is 63.8 Å². The molecule has 2 nitrogen and oxygen atoms in total. The minimum atomic E-state index is -0.410. The fourth-order valence-electron chi connectivity index (χ4n) is 2.74. The summed E-state index contributed by atoms with van der Waals surface area (Å²) >= 11 is 3.48. The summed E-state index contributed by atoms with van der Waals surface area (Å²) in [6.07, 6.45) is 6.35. The van der Waals surface area contributed by atoms with Crippen molar-refractivity contribution in [1.82, 2.24) is 0 Å². The highest BCUT2D eigenvalue weighted by Gasteiger charge is 2.31. The van der Waals surface area contributed by atoms with Crippen molar-refractivity contribution in [1.29, 1.82) is 0 Å². The Labute approximate surface area is 136 Å². The van der Waals surface area contributed by atoms with Crippen molar-refractivity contribution in [3.63, 3.8) is 0 Å². The van der Waals surface area contributed by atoms with E-state index < -0.39 is 5.41 Å². The Hall–Kier alpha value is -0.830. The molecule has 1 aromatic rings. The van der Waals surface area contributed by atoms with Crippen LogP contribution < -0.4 is 0 Å². The molecule has 21 heavy (non-hydrogen) atoms. The predicted octanol–water partition coefficient (Wildman–Crippen LogP) is 5.03. The summed E-state index contributed by atoms with van der Waals surface area (Å²) in [5.74, 6) is -0.0361. The normalized spacial score (nSPS) is 16.1. The van der Waals surface area contributed by atoms with Crippen LogP contribution in [0.2, 0.25) is 0 Å². The Morgan fingerprint density at radius 1 is 1.29 bits per heavy atom. The molecule has 0 amide bonds. The van der Waals surface area contributed by atoms with E-state index in [2.05, 4.69) is 40.2 Å². The zero-order valence-electron chi connectivity index (χ0n) is 13.0. The summed E-state index contributed by atoms with van der Waals surface area (Å²) in [4.78, 5) is 12.3. The highest BCUT2D eigenvalue weighted by molar-refractivity contribution is 9.08. The maximum Gasteiger partial charge on any atom is 0.311 e. The monoisotopic (exact) mass is 352 g/mol. The number of hydrogen-bond acceptors (Lipinski definition) is 2. The highest BCUT2D eigenvalue weighted by Crippen LogP contribution is 2.29. The van der Waals surface area contributed by atoms with E-state index in [0.717, 1.165) is 31.0 Å². The molecular weight excluding hydrogens is 328 g/mol. The van der Waals surface area contributed by atoms with E-state index in [-0.39, 0.29) is 12.1 Å². The number of hydrogen-bond donors (Lipinski definition) is 0. The van der Waals surface area contributed by atoms with Gasteiger partial charge in [-0.3, -0.25) is 4.79 Å². The maximum atomic E-state index is 12.3. The van der Waals surface area contributed by atoms with Crippen LogP contribution in [-0.2, 0) is 21.3 Å². The molecule has 0 N–H and O–H groups in total. The summed E-state index contributed by atoms with van der Waals surface area (Å²) in [6, 6.07) is 8.52. The van der Waals surface area contributed by atoms with Gasteiger partial charge in [0.2, 0.25) is 0 Å². The van der Waals surface area contributed by atoms with E-state index in [9.17, 15) is 4.79 Å². The molecule has 0 unspecified atom stereocenters. The summed E-state index contributed by atoms with van der Waals surface area (Å²) in [5.41, 5.74) is 2.15. The second kappa shape index (κ2) is 7.44. The van der Waals surface area contributed by atoms with Gasteiger partial charge < -0.3 is 4.74 Å². The standard InChI is InChI=1S/C18H25BrO2/c1-18(2,17(20)21-16-8-3-4-9-16)11-10-14-6-5-7-15(12-14)13-19/h5-7,12,16H,3-4,8-11,13H2,1-2H3. The van der Waals surface area contributed by atoms with Gasteiger partial charge in [-0.05, 0) is 63.5 Å². The number of ether oxygens (including phenoxy) is 1. The number of benzene rings is 1. The minimum absolute atomic E-state index is 0.0361. The van der Waals surface area contributed by atoms with Crippen molar-refractivity contribution < 1.29 is 9.53 Å². The maximum absolute atomic E-state index is 12.3. The van der Waals surface area contributed by atoms with Gasteiger partial charge >= 0.3 is 5.97 Å². The first-order valence-corrected chi connectivity index (χ1v) is 8.98. The lowest BCUT2D eigenvalue weighted by Gasteiger charge is -2.25. The van der Waals surface area contributed by atoms with Crippen LogP contribution in [0.5, 0.6) is 0 Å². The molecule has 1 fully saturated rings. The summed E-state index contributed by atoms with van der Waals surface area (Å²) in [5, 5.41) is 0.869. The summed E-state index contributed by atoms with van der Waals surface area (Å²) < 4.78 is 5.66. The SMILES string of the molecule is CC(C)(CCc1cccc(CBr)c1)C(=O)OC1CCCC1. The van der Waals surface area contributed by atoms with Gasteiger partial charge in [0.15, 0.2) is 0 Å². The van der Waals surface area contributed by atoms with Gasteiger partial charge in [-0.1, -0.05) is 40.2 Å². The highest BCUT2D eigenvalue weighted by atomic mass is 79.9. The number of halogens is 1. The van der Waals surface area contributed by atoms with Crippen LogP contribution in [0.4, 0.5) is 0 Å². The summed E-state index contributed by atoms with van der Waals surface area (Å²) in [7, 11) is 0. The molecule has 0 saturated heterocycles. The van der Waals surface area contributed by atoms with Crippen molar-refractivity contribution in [2.24, 2.45) is 5.41 Å². The second-order valence-electron chi connectivity index (χ2n) is 6.65. The van der Waals surface area contributed by atoms with E-state index in [4.69, 9.17) is 4.74 Å². The molecule has 0 radical (unpaired) electrons. The quantitative estimate of drug-likeness (QED) is 0.530. The molecule has 1 aliphatic rings. The third kappa shape index (κ3) is 4.84. The minimum Gasteiger partial charge on any atom is -0.462 e. The van der Waals surface area contributed by atoms with Crippen molar-refractivity contribution in [3.05, 3.63) is 35.4 Å². The number of rotatable bonds is 6. The number of esters is 1. The molecule has 0 aliphatic heterocycles. The lowest BCUT2D eigenvalue weighted by Crippen LogP contribution is -2.30. The summed E-state index contributed by atoms with van der Waals surface area (Å²) in [6.45, 7) is 4.00. The molecule has 1 saturated carbocycles. The smallest absolute Gasteiger partial charge is 0.311 e. The Morgan fingerprint density at radius 2 is 1.95 bits per heavy atom. The van der Waals surface area contributed by atoms with E-state index >= 15 is 0 Å². The van der Waals surface area contributed by atoms with E-state index in [1.807, 2.05) is 13.8 Å². The molecule has 0 heterocycles. The molecule has 116 valence electrons. The van der Waals surface area contributed by atoms with Crippen LogP contribution in [0.1, 0.15) is 57.1 Å². The Bertz CT molecular complexity index is 476. The van der Waals surface area contributed by atoms with Crippen LogP contribution in [0.25, 0.3) is 0 Å². The van der Waals surface area contributed by atoms with E-state index in [1.54, 1.807) is 0 Å². The fourth-order valence-corrected chi connectivity index (χ4v) is 3.09. The van der Waals surface area contributed by atoms with Crippen LogP contribution in [0, 0.1) is 5.41 Å². The molecule has 2 rings (SSSR count). The number of alkyl halides is 1.